The van der Waals surface area contributed by atoms with Crippen molar-refractivity contribution >= 4 is 29.3 Å². The number of nitro benzene ring substituents is 1. The van der Waals surface area contributed by atoms with Gasteiger partial charge in [0, 0.05) is 48.9 Å². The van der Waals surface area contributed by atoms with Crippen LogP contribution in [0.1, 0.15) is 11.5 Å². The molecular weight excluding hydrogens is 434 g/mol. The number of carbonyl (C=O) groups excluding carboxylic acids is 1. The van der Waals surface area contributed by atoms with Gasteiger partial charge in [0.25, 0.3) is 5.69 Å². The summed E-state index contributed by atoms with van der Waals surface area (Å²) in [5, 5.41) is 15.8. The zero-order valence-corrected chi connectivity index (χ0v) is 17.8. The Morgan fingerprint density at radius 1 is 1.12 bits per heavy atom. The Kier molecular flexibility index (Phi) is 6.58. The SMILES string of the molecule is O=C(/C=C/c1ccccc1[N+](=O)[O-])N1CCN(Cc2nc(-c3ccc(Cl)cc3)no2)CC1. The van der Waals surface area contributed by atoms with E-state index in [1.807, 2.05) is 12.1 Å². The van der Waals surface area contributed by atoms with Gasteiger partial charge in [0.2, 0.25) is 17.6 Å². The molecule has 0 bridgehead atoms. The Balaban J connectivity index is 1.30. The van der Waals surface area contributed by atoms with E-state index in [9.17, 15) is 14.9 Å². The molecule has 1 fully saturated rings. The van der Waals surface area contributed by atoms with E-state index < -0.39 is 4.92 Å². The van der Waals surface area contributed by atoms with E-state index in [-0.39, 0.29) is 11.6 Å². The molecule has 0 N–H and O–H groups in total. The second-order valence-corrected chi connectivity index (χ2v) is 7.71. The lowest BCUT2D eigenvalue weighted by atomic mass is 10.1. The molecule has 0 aliphatic carbocycles. The van der Waals surface area contributed by atoms with Crippen LogP contribution in [0.3, 0.4) is 0 Å². The van der Waals surface area contributed by atoms with Crippen LogP contribution in [-0.4, -0.2) is 56.9 Å². The molecule has 0 saturated carbocycles. The molecule has 1 aliphatic rings. The minimum Gasteiger partial charge on any atom is -0.338 e. The molecule has 1 aliphatic heterocycles. The van der Waals surface area contributed by atoms with Crippen LogP contribution in [0.15, 0.2) is 59.1 Å². The lowest BCUT2D eigenvalue weighted by molar-refractivity contribution is -0.385. The molecule has 1 aromatic heterocycles. The largest absolute Gasteiger partial charge is 0.338 e. The second-order valence-electron chi connectivity index (χ2n) is 7.27. The Hall–Kier alpha value is -3.56. The van der Waals surface area contributed by atoms with Crippen LogP contribution < -0.4 is 0 Å². The van der Waals surface area contributed by atoms with Gasteiger partial charge in [-0.2, -0.15) is 4.98 Å². The predicted octanol–water partition coefficient (Wildman–Crippen LogP) is 3.66. The van der Waals surface area contributed by atoms with E-state index in [2.05, 4.69) is 15.0 Å². The molecule has 0 atom stereocenters. The highest BCUT2D eigenvalue weighted by molar-refractivity contribution is 6.30. The number of aromatic nitrogens is 2. The average molecular weight is 454 g/mol. The molecule has 0 unspecified atom stereocenters. The molecule has 32 heavy (non-hydrogen) atoms. The first-order chi connectivity index (χ1) is 15.5. The fraction of sp³-hybridized carbons (Fsp3) is 0.227. The van der Waals surface area contributed by atoms with Crippen molar-refractivity contribution in [2.75, 3.05) is 26.2 Å². The Morgan fingerprint density at radius 3 is 2.56 bits per heavy atom. The van der Waals surface area contributed by atoms with Gasteiger partial charge < -0.3 is 9.42 Å². The lowest BCUT2D eigenvalue weighted by Gasteiger charge is -2.33. The van der Waals surface area contributed by atoms with Crippen molar-refractivity contribution in [1.82, 2.24) is 19.9 Å². The number of hydrogen-bond acceptors (Lipinski definition) is 7. The Labute approximate surface area is 189 Å². The van der Waals surface area contributed by atoms with Crippen LogP contribution in [0, 0.1) is 10.1 Å². The van der Waals surface area contributed by atoms with Crippen LogP contribution in [0.2, 0.25) is 5.02 Å². The van der Waals surface area contributed by atoms with Gasteiger partial charge in [0.1, 0.15) is 0 Å². The molecule has 0 spiro atoms. The van der Waals surface area contributed by atoms with Crippen molar-refractivity contribution in [2.45, 2.75) is 6.54 Å². The van der Waals surface area contributed by atoms with Gasteiger partial charge in [0.05, 0.1) is 17.0 Å². The van der Waals surface area contributed by atoms with E-state index in [4.69, 9.17) is 16.1 Å². The smallest absolute Gasteiger partial charge is 0.276 e. The van der Waals surface area contributed by atoms with Crippen LogP contribution in [0.5, 0.6) is 0 Å². The molecule has 0 radical (unpaired) electrons. The summed E-state index contributed by atoms with van der Waals surface area (Å²) in [5.41, 5.74) is 1.20. The van der Waals surface area contributed by atoms with Gasteiger partial charge in [-0.1, -0.05) is 28.9 Å². The number of amides is 1. The minimum atomic E-state index is -0.460. The van der Waals surface area contributed by atoms with E-state index in [0.717, 1.165) is 5.56 Å². The molecule has 1 saturated heterocycles. The van der Waals surface area contributed by atoms with Crippen molar-refractivity contribution in [3.63, 3.8) is 0 Å². The van der Waals surface area contributed by atoms with Crippen LogP contribution >= 0.6 is 11.6 Å². The topological polar surface area (TPSA) is 106 Å². The number of benzene rings is 2. The maximum atomic E-state index is 12.5. The van der Waals surface area contributed by atoms with Crippen LogP contribution in [-0.2, 0) is 11.3 Å². The van der Waals surface area contributed by atoms with Gasteiger partial charge in [0.15, 0.2) is 0 Å². The van der Waals surface area contributed by atoms with E-state index >= 15 is 0 Å². The van der Waals surface area contributed by atoms with E-state index in [1.54, 1.807) is 35.2 Å². The lowest BCUT2D eigenvalue weighted by Crippen LogP contribution is -2.47. The summed E-state index contributed by atoms with van der Waals surface area (Å²) in [4.78, 5) is 31.4. The summed E-state index contributed by atoms with van der Waals surface area (Å²) in [6, 6.07) is 13.5. The normalized spacial score (nSPS) is 14.7. The highest BCUT2D eigenvalue weighted by Crippen LogP contribution is 2.20. The summed E-state index contributed by atoms with van der Waals surface area (Å²) in [6.45, 7) is 2.89. The van der Waals surface area contributed by atoms with Crippen molar-refractivity contribution in [3.8, 4) is 11.4 Å². The first kappa shape index (κ1) is 21.7. The van der Waals surface area contributed by atoms with Crippen LogP contribution in [0.4, 0.5) is 5.69 Å². The second kappa shape index (κ2) is 9.71. The minimum absolute atomic E-state index is 0.0288. The van der Waals surface area contributed by atoms with Crippen molar-refractivity contribution < 1.29 is 14.2 Å². The highest BCUT2D eigenvalue weighted by atomic mass is 35.5. The highest BCUT2D eigenvalue weighted by Gasteiger charge is 2.22. The molecule has 3 aromatic rings. The van der Waals surface area contributed by atoms with E-state index in [1.165, 1.54) is 18.2 Å². The predicted molar refractivity (Wildman–Crippen MR) is 119 cm³/mol. The number of hydrogen-bond donors (Lipinski definition) is 0. The van der Waals surface area contributed by atoms with Gasteiger partial charge in [-0.15, -0.1) is 0 Å². The Morgan fingerprint density at radius 2 is 1.84 bits per heavy atom. The van der Waals surface area contributed by atoms with Gasteiger partial charge in [-0.3, -0.25) is 19.8 Å². The molecule has 1 amide bonds. The maximum absolute atomic E-state index is 12.5. The van der Waals surface area contributed by atoms with Crippen LogP contribution in [0.25, 0.3) is 17.5 Å². The van der Waals surface area contributed by atoms with Gasteiger partial charge in [-0.25, -0.2) is 0 Å². The maximum Gasteiger partial charge on any atom is 0.276 e. The summed E-state index contributed by atoms with van der Waals surface area (Å²) < 4.78 is 5.36. The standard InChI is InChI=1S/C22H20ClN5O4/c23-18-8-5-17(6-9-18)22-24-20(32-25-22)15-26-11-13-27(14-12-26)21(29)10-7-16-3-1-2-4-19(16)28(30)31/h1-10H,11-15H2/b10-7+. The molecule has 9 nitrogen and oxygen atoms in total. The van der Waals surface area contributed by atoms with Gasteiger partial charge >= 0.3 is 0 Å². The van der Waals surface area contributed by atoms with Crippen molar-refractivity contribution in [1.29, 1.82) is 0 Å². The number of halogens is 1. The molecule has 10 heteroatoms. The summed E-state index contributed by atoms with van der Waals surface area (Å²) in [7, 11) is 0. The fourth-order valence-corrected chi connectivity index (χ4v) is 3.54. The zero-order chi connectivity index (χ0) is 22.5. The first-order valence-electron chi connectivity index (χ1n) is 10.0. The molecule has 4 rings (SSSR count). The number of rotatable bonds is 6. The Bertz CT molecular complexity index is 1140. The number of nitro groups is 1. The van der Waals surface area contributed by atoms with Crippen molar-refractivity contribution in [3.05, 3.63) is 81.2 Å². The van der Waals surface area contributed by atoms with E-state index in [0.29, 0.717) is 55.0 Å². The number of piperazine rings is 1. The molecule has 164 valence electrons. The number of para-hydroxylation sites is 1. The zero-order valence-electron chi connectivity index (χ0n) is 17.1. The summed E-state index contributed by atoms with van der Waals surface area (Å²) in [6.07, 6.45) is 2.87. The third-order valence-corrected chi connectivity index (χ3v) is 5.40. The monoisotopic (exact) mass is 453 g/mol. The molecule has 2 aromatic carbocycles. The number of carbonyl (C=O) groups is 1. The third-order valence-electron chi connectivity index (χ3n) is 5.15. The third kappa shape index (κ3) is 5.19. The fourth-order valence-electron chi connectivity index (χ4n) is 3.41. The summed E-state index contributed by atoms with van der Waals surface area (Å²) >= 11 is 5.91. The molecule has 2 heterocycles. The number of nitrogens with zero attached hydrogens (tertiary/aromatic N) is 5. The molecular formula is C22H20ClN5O4. The average Bonchev–Trinajstić information content (AvgIpc) is 3.27. The quantitative estimate of drug-likeness (QED) is 0.318. The van der Waals surface area contributed by atoms with Gasteiger partial charge in [-0.05, 0) is 36.4 Å². The summed E-state index contributed by atoms with van der Waals surface area (Å²) in [5.74, 6) is 0.835. The first-order valence-corrected chi connectivity index (χ1v) is 10.4. The van der Waals surface area contributed by atoms with Crippen molar-refractivity contribution in [2.24, 2.45) is 0 Å².